The summed E-state index contributed by atoms with van der Waals surface area (Å²) in [5.41, 5.74) is 9.73. The van der Waals surface area contributed by atoms with Gasteiger partial charge in [0, 0.05) is 42.5 Å². The number of amidine groups is 1. The molecule has 0 radical (unpaired) electrons. The SMILES string of the molecule is NCCCN1CCN(C2=Nc3cc(Cl)ccc3Nc3ccccc32)CC1. The van der Waals surface area contributed by atoms with E-state index in [-0.39, 0.29) is 0 Å². The lowest BCUT2D eigenvalue weighted by Crippen LogP contribution is -2.49. The van der Waals surface area contributed by atoms with Gasteiger partial charge in [-0.3, -0.25) is 4.90 Å². The van der Waals surface area contributed by atoms with Gasteiger partial charge in [-0.1, -0.05) is 23.7 Å². The molecule has 0 spiro atoms. The van der Waals surface area contributed by atoms with Gasteiger partial charge in [0.25, 0.3) is 0 Å². The maximum Gasteiger partial charge on any atom is 0.138 e. The average Bonchev–Trinajstić information content (AvgIpc) is 2.83. The van der Waals surface area contributed by atoms with Gasteiger partial charge in [-0.15, -0.1) is 0 Å². The number of halogens is 1. The van der Waals surface area contributed by atoms with Crippen molar-refractivity contribution in [2.24, 2.45) is 10.7 Å². The summed E-state index contributed by atoms with van der Waals surface area (Å²) >= 11 is 6.21. The Morgan fingerprint density at radius 2 is 1.85 bits per heavy atom. The van der Waals surface area contributed by atoms with Crippen molar-refractivity contribution in [3.63, 3.8) is 0 Å². The van der Waals surface area contributed by atoms with Crippen molar-refractivity contribution < 1.29 is 0 Å². The molecular formula is C20H24ClN5. The largest absolute Gasteiger partial charge is 0.353 e. The highest BCUT2D eigenvalue weighted by molar-refractivity contribution is 6.31. The van der Waals surface area contributed by atoms with Crippen molar-refractivity contribution in [3.05, 3.63) is 53.1 Å². The zero-order valence-corrected chi connectivity index (χ0v) is 15.5. The molecule has 3 N–H and O–H groups in total. The maximum atomic E-state index is 6.21. The second-order valence-corrected chi connectivity index (χ2v) is 7.17. The van der Waals surface area contributed by atoms with Crippen molar-refractivity contribution >= 4 is 34.5 Å². The van der Waals surface area contributed by atoms with E-state index in [1.54, 1.807) is 0 Å². The highest BCUT2D eigenvalue weighted by Crippen LogP contribution is 2.36. The summed E-state index contributed by atoms with van der Waals surface area (Å²) in [6.07, 6.45) is 1.06. The number of para-hydroxylation sites is 1. The van der Waals surface area contributed by atoms with Crippen molar-refractivity contribution in [2.75, 3.05) is 44.6 Å². The molecule has 1 saturated heterocycles. The number of hydrogen-bond donors (Lipinski definition) is 2. The fourth-order valence-electron chi connectivity index (χ4n) is 3.55. The summed E-state index contributed by atoms with van der Waals surface area (Å²) in [7, 11) is 0. The molecule has 0 unspecified atom stereocenters. The number of benzene rings is 2. The Morgan fingerprint density at radius 3 is 2.65 bits per heavy atom. The predicted molar refractivity (Wildman–Crippen MR) is 109 cm³/mol. The number of anilines is 2. The Hall–Kier alpha value is -2.08. The van der Waals surface area contributed by atoms with Crippen molar-refractivity contribution in [3.8, 4) is 0 Å². The molecule has 2 aliphatic rings. The number of hydrogen-bond acceptors (Lipinski definition) is 5. The molecule has 0 saturated carbocycles. The molecule has 0 bridgehead atoms. The third-order valence-corrected chi connectivity index (χ3v) is 5.21. The first-order valence-electron chi connectivity index (χ1n) is 9.16. The van der Waals surface area contributed by atoms with Gasteiger partial charge in [-0.2, -0.15) is 0 Å². The number of nitrogens with two attached hydrogens (primary N) is 1. The molecule has 0 amide bonds. The second kappa shape index (κ2) is 7.66. The first-order valence-corrected chi connectivity index (χ1v) is 9.54. The fourth-order valence-corrected chi connectivity index (χ4v) is 3.72. The predicted octanol–water partition coefficient (Wildman–Crippen LogP) is 3.44. The molecule has 5 nitrogen and oxygen atoms in total. The number of rotatable bonds is 3. The first-order chi connectivity index (χ1) is 12.7. The van der Waals surface area contributed by atoms with Crippen LogP contribution in [-0.4, -0.2) is 54.9 Å². The highest BCUT2D eigenvalue weighted by Gasteiger charge is 2.24. The van der Waals surface area contributed by atoms with E-state index in [0.717, 1.165) is 74.2 Å². The molecular weight excluding hydrogens is 346 g/mol. The highest BCUT2D eigenvalue weighted by atomic mass is 35.5. The number of nitrogens with one attached hydrogen (secondary N) is 1. The molecule has 0 aromatic heterocycles. The van der Waals surface area contributed by atoms with E-state index < -0.39 is 0 Å². The van der Waals surface area contributed by atoms with Crippen LogP contribution in [0.3, 0.4) is 0 Å². The smallest absolute Gasteiger partial charge is 0.138 e. The number of aliphatic imine (C=N–C) groups is 1. The van der Waals surface area contributed by atoms with E-state index in [4.69, 9.17) is 22.3 Å². The van der Waals surface area contributed by atoms with E-state index in [2.05, 4.69) is 39.4 Å². The lowest BCUT2D eigenvalue weighted by molar-refractivity contribution is 0.182. The second-order valence-electron chi connectivity index (χ2n) is 6.74. The van der Waals surface area contributed by atoms with E-state index >= 15 is 0 Å². The summed E-state index contributed by atoms with van der Waals surface area (Å²) in [4.78, 5) is 9.88. The quantitative estimate of drug-likeness (QED) is 0.870. The third kappa shape index (κ3) is 3.56. The van der Waals surface area contributed by atoms with Crippen LogP contribution in [0, 0.1) is 0 Å². The lowest BCUT2D eigenvalue weighted by atomic mass is 10.1. The van der Waals surface area contributed by atoms with Crippen molar-refractivity contribution in [1.29, 1.82) is 0 Å². The first kappa shape index (κ1) is 17.3. The monoisotopic (exact) mass is 369 g/mol. The Labute approximate surface area is 159 Å². The molecule has 1 fully saturated rings. The Kier molecular flexibility index (Phi) is 5.11. The Morgan fingerprint density at radius 1 is 1.04 bits per heavy atom. The molecule has 2 heterocycles. The minimum Gasteiger partial charge on any atom is -0.353 e. The van der Waals surface area contributed by atoms with E-state index in [0.29, 0.717) is 5.02 Å². The van der Waals surface area contributed by atoms with Crippen LogP contribution < -0.4 is 11.1 Å². The summed E-state index contributed by atoms with van der Waals surface area (Å²) in [6.45, 7) is 5.84. The number of nitrogens with zero attached hydrogens (tertiary/aromatic N) is 3. The number of piperazine rings is 1. The summed E-state index contributed by atoms with van der Waals surface area (Å²) in [5.74, 6) is 1.02. The van der Waals surface area contributed by atoms with Crippen LogP contribution in [0.2, 0.25) is 5.02 Å². The zero-order chi connectivity index (χ0) is 17.9. The number of fused-ring (bicyclic) bond motifs is 2. The molecule has 2 aliphatic heterocycles. The van der Waals surface area contributed by atoms with Gasteiger partial charge in [0.05, 0.1) is 11.4 Å². The summed E-state index contributed by atoms with van der Waals surface area (Å²) in [5, 5.41) is 4.21. The van der Waals surface area contributed by atoms with E-state index in [1.165, 1.54) is 0 Å². The Bertz CT molecular complexity index is 812. The van der Waals surface area contributed by atoms with Gasteiger partial charge in [0.15, 0.2) is 0 Å². The summed E-state index contributed by atoms with van der Waals surface area (Å²) < 4.78 is 0. The van der Waals surface area contributed by atoms with Gasteiger partial charge in [0.1, 0.15) is 5.84 Å². The molecule has 0 aliphatic carbocycles. The lowest BCUT2D eigenvalue weighted by Gasteiger charge is -2.36. The van der Waals surface area contributed by atoms with Crippen LogP contribution in [-0.2, 0) is 0 Å². The average molecular weight is 370 g/mol. The van der Waals surface area contributed by atoms with Crippen LogP contribution in [0.5, 0.6) is 0 Å². The molecule has 26 heavy (non-hydrogen) atoms. The van der Waals surface area contributed by atoms with Gasteiger partial charge < -0.3 is 16.0 Å². The molecule has 136 valence electrons. The molecule has 4 rings (SSSR count). The standard InChI is InChI=1S/C20H24ClN5/c21-15-6-7-18-19(14-15)24-20(16-4-1-2-5-17(16)23-18)26-12-10-25(11-13-26)9-3-8-22/h1-2,4-7,14,23H,3,8-13,22H2. The van der Waals surface area contributed by atoms with Gasteiger partial charge in [-0.25, -0.2) is 4.99 Å². The van der Waals surface area contributed by atoms with Crippen LogP contribution in [0.4, 0.5) is 17.1 Å². The summed E-state index contributed by atoms with van der Waals surface area (Å²) in [6, 6.07) is 14.2. The Balaban J connectivity index is 1.65. The van der Waals surface area contributed by atoms with Crippen LogP contribution in [0.1, 0.15) is 12.0 Å². The zero-order valence-electron chi connectivity index (χ0n) is 14.8. The van der Waals surface area contributed by atoms with Crippen LogP contribution >= 0.6 is 11.6 Å². The molecule has 0 atom stereocenters. The van der Waals surface area contributed by atoms with Crippen LogP contribution in [0.25, 0.3) is 0 Å². The van der Waals surface area contributed by atoms with Gasteiger partial charge in [0.2, 0.25) is 0 Å². The normalized spacial score (nSPS) is 17.0. The minimum atomic E-state index is 0.700. The van der Waals surface area contributed by atoms with Crippen molar-refractivity contribution in [1.82, 2.24) is 9.80 Å². The fraction of sp³-hybridized carbons (Fsp3) is 0.350. The molecule has 6 heteroatoms. The molecule has 2 aromatic carbocycles. The third-order valence-electron chi connectivity index (χ3n) is 4.97. The minimum absolute atomic E-state index is 0.700. The maximum absolute atomic E-state index is 6.21. The van der Waals surface area contributed by atoms with Gasteiger partial charge >= 0.3 is 0 Å². The van der Waals surface area contributed by atoms with Crippen molar-refractivity contribution in [2.45, 2.75) is 6.42 Å². The topological polar surface area (TPSA) is 56.9 Å². The van der Waals surface area contributed by atoms with Gasteiger partial charge in [-0.05, 0) is 49.8 Å². The van der Waals surface area contributed by atoms with Crippen LogP contribution in [0.15, 0.2) is 47.5 Å². The van der Waals surface area contributed by atoms with E-state index in [1.807, 2.05) is 18.2 Å². The molecule has 2 aromatic rings. The van der Waals surface area contributed by atoms with E-state index in [9.17, 15) is 0 Å².